The summed E-state index contributed by atoms with van der Waals surface area (Å²) in [7, 11) is 0. The number of cyclic esters (lactones) is 1. The van der Waals surface area contributed by atoms with Crippen LogP contribution in [0.3, 0.4) is 0 Å². The van der Waals surface area contributed by atoms with Gasteiger partial charge in [0.25, 0.3) is 0 Å². The summed E-state index contributed by atoms with van der Waals surface area (Å²) >= 11 is 6.02. The van der Waals surface area contributed by atoms with Gasteiger partial charge in [0, 0.05) is 50.7 Å². The lowest BCUT2D eigenvalue weighted by Crippen LogP contribution is -2.52. The van der Waals surface area contributed by atoms with Crippen molar-refractivity contribution in [2.75, 3.05) is 37.7 Å². The molecular weight excluding hydrogens is 480 g/mol. The van der Waals surface area contributed by atoms with E-state index in [0.29, 0.717) is 44.2 Å². The molecule has 2 aliphatic heterocycles. The predicted octanol–water partition coefficient (Wildman–Crippen LogP) is 4.70. The van der Waals surface area contributed by atoms with E-state index in [4.69, 9.17) is 25.8 Å². The van der Waals surface area contributed by atoms with Crippen LogP contribution in [-0.4, -0.2) is 61.5 Å². The molecule has 36 heavy (non-hydrogen) atoms. The molecule has 0 unspecified atom stereocenters. The Balaban J connectivity index is 1.39. The molecule has 0 N–H and O–H groups in total. The van der Waals surface area contributed by atoms with Gasteiger partial charge in [-0.2, -0.15) is 0 Å². The number of hydrogen-bond donors (Lipinski definition) is 0. The molecule has 2 aliphatic rings. The van der Waals surface area contributed by atoms with Crippen molar-refractivity contribution in [1.29, 1.82) is 0 Å². The van der Waals surface area contributed by atoms with Crippen LogP contribution in [0.15, 0.2) is 48.5 Å². The number of carbonyl (C=O) groups excluding carboxylic acids is 2. The first-order chi connectivity index (χ1) is 17.3. The van der Waals surface area contributed by atoms with Gasteiger partial charge in [0.2, 0.25) is 11.7 Å². The highest BCUT2D eigenvalue weighted by Gasteiger charge is 2.48. The minimum atomic E-state index is -1.03. The summed E-state index contributed by atoms with van der Waals surface area (Å²) in [5, 5.41) is 0.701. The van der Waals surface area contributed by atoms with Crippen LogP contribution in [0.4, 0.5) is 5.69 Å². The van der Waals surface area contributed by atoms with E-state index in [2.05, 4.69) is 4.90 Å². The number of anilines is 1. The Morgan fingerprint density at radius 3 is 2.33 bits per heavy atom. The zero-order chi connectivity index (χ0) is 25.7. The molecule has 2 aromatic rings. The molecule has 0 aromatic heterocycles. The number of hydrogen-bond acceptors (Lipinski definition) is 6. The average Bonchev–Trinajstić information content (AvgIpc) is 3.15. The third kappa shape index (κ3) is 6.51. The van der Waals surface area contributed by atoms with Gasteiger partial charge < -0.3 is 24.0 Å². The smallest absolute Gasteiger partial charge is 0.338 e. The quantitative estimate of drug-likeness (QED) is 0.452. The van der Waals surface area contributed by atoms with Crippen LogP contribution < -0.4 is 9.64 Å². The maximum Gasteiger partial charge on any atom is 0.338 e. The van der Waals surface area contributed by atoms with Gasteiger partial charge in [0.1, 0.15) is 5.75 Å². The van der Waals surface area contributed by atoms with Gasteiger partial charge in [-0.3, -0.25) is 4.79 Å². The first-order valence-electron chi connectivity index (χ1n) is 12.7. The lowest BCUT2D eigenvalue weighted by atomic mass is 9.92. The summed E-state index contributed by atoms with van der Waals surface area (Å²) in [6.45, 7) is 8.60. The van der Waals surface area contributed by atoms with Crippen LogP contribution in [0.5, 0.6) is 5.75 Å². The van der Waals surface area contributed by atoms with Crippen molar-refractivity contribution in [2.24, 2.45) is 5.92 Å². The molecule has 8 heteroatoms. The van der Waals surface area contributed by atoms with Gasteiger partial charge in [0.15, 0.2) is 6.10 Å². The molecule has 0 radical (unpaired) electrons. The molecule has 1 amide bonds. The lowest BCUT2D eigenvalue weighted by molar-refractivity contribution is -0.162. The molecule has 7 nitrogen and oxygen atoms in total. The Labute approximate surface area is 218 Å². The largest absolute Gasteiger partial charge is 0.494 e. The molecule has 2 heterocycles. The van der Waals surface area contributed by atoms with Gasteiger partial charge in [-0.25, -0.2) is 4.79 Å². The third-order valence-electron chi connectivity index (χ3n) is 6.67. The van der Waals surface area contributed by atoms with Gasteiger partial charge in [0.05, 0.1) is 12.5 Å². The Bertz CT molecular complexity index is 1030. The molecule has 2 atom stereocenters. The Kier molecular flexibility index (Phi) is 8.42. The van der Waals surface area contributed by atoms with E-state index >= 15 is 0 Å². The van der Waals surface area contributed by atoms with Gasteiger partial charge in [-0.05, 0) is 68.1 Å². The van der Waals surface area contributed by atoms with E-state index in [1.165, 1.54) is 0 Å². The number of halogens is 1. The van der Waals surface area contributed by atoms with E-state index in [1.807, 2.05) is 60.4 Å². The molecule has 0 aliphatic carbocycles. The Morgan fingerprint density at radius 1 is 1.08 bits per heavy atom. The van der Waals surface area contributed by atoms with Gasteiger partial charge in [-0.15, -0.1) is 0 Å². The predicted molar refractivity (Wildman–Crippen MR) is 139 cm³/mol. The lowest BCUT2D eigenvalue weighted by Gasteiger charge is -2.38. The summed E-state index contributed by atoms with van der Waals surface area (Å²) in [6.07, 6.45) is 1.20. The van der Waals surface area contributed by atoms with E-state index in [0.717, 1.165) is 29.8 Å². The van der Waals surface area contributed by atoms with Crippen LogP contribution in [0, 0.1) is 5.92 Å². The SMILES string of the molecule is CCOc1ccc(CCC[C@@H](C(=O)N2CCN(c3ccc(Cl)cc3)CC2)[C@@H]2OC(C)(C)OC2=O)cc1. The molecule has 0 bridgehead atoms. The number of piperazine rings is 1. The molecule has 0 spiro atoms. The van der Waals surface area contributed by atoms with Crippen LogP contribution in [0.25, 0.3) is 0 Å². The number of esters is 1. The third-order valence-corrected chi connectivity index (χ3v) is 6.92. The first-order valence-corrected chi connectivity index (χ1v) is 13.1. The van der Waals surface area contributed by atoms with E-state index in [9.17, 15) is 9.59 Å². The highest BCUT2D eigenvalue weighted by Crippen LogP contribution is 2.32. The number of ether oxygens (including phenoxy) is 3. The molecule has 2 aromatic carbocycles. The second kappa shape index (κ2) is 11.5. The number of nitrogens with zero attached hydrogens (tertiary/aromatic N) is 2. The second-order valence-electron chi connectivity index (χ2n) is 9.72. The monoisotopic (exact) mass is 514 g/mol. The van der Waals surface area contributed by atoms with Crippen molar-refractivity contribution in [2.45, 2.75) is 51.9 Å². The number of amides is 1. The normalized spacial score (nSPS) is 20.2. The van der Waals surface area contributed by atoms with Crippen molar-refractivity contribution >= 4 is 29.2 Å². The van der Waals surface area contributed by atoms with E-state index in [-0.39, 0.29) is 5.91 Å². The number of aryl methyl sites for hydroxylation is 1. The van der Waals surface area contributed by atoms with Crippen molar-refractivity contribution in [1.82, 2.24) is 4.90 Å². The summed E-state index contributed by atoms with van der Waals surface area (Å²) in [4.78, 5) is 30.4. The fourth-order valence-electron chi connectivity index (χ4n) is 4.85. The Morgan fingerprint density at radius 2 is 1.75 bits per heavy atom. The average molecular weight is 515 g/mol. The molecule has 2 fully saturated rings. The molecule has 194 valence electrons. The van der Waals surface area contributed by atoms with Crippen LogP contribution >= 0.6 is 11.6 Å². The van der Waals surface area contributed by atoms with Crippen molar-refractivity contribution in [3.05, 3.63) is 59.1 Å². The zero-order valence-electron chi connectivity index (χ0n) is 21.2. The fraction of sp³-hybridized carbons (Fsp3) is 0.500. The summed E-state index contributed by atoms with van der Waals surface area (Å²) in [5.41, 5.74) is 2.25. The molecular formula is C28H35ClN2O5. The second-order valence-corrected chi connectivity index (χ2v) is 10.2. The summed E-state index contributed by atoms with van der Waals surface area (Å²) in [6, 6.07) is 15.7. The molecule has 4 rings (SSSR count). The van der Waals surface area contributed by atoms with Crippen molar-refractivity contribution in [3.8, 4) is 5.75 Å². The number of carbonyl (C=O) groups is 2. The maximum absolute atomic E-state index is 13.7. The maximum atomic E-state index is 13.7. The van der Waals surface area contributed by atoms with E-state index < -0.39 is 23.8 Å². The van der Waals surface area contributed by atoms with Gasteiger partial charge in [-0.1, -0.05) is 23.7 Å². The summed E-state index contributed by atoms with van der Waals surface area (Å²) < 4.78 is 16.8. The number of benzene rings is 2. The minimum absolute atomic E-state index is 0.0444. The van der Waals surface area contributed by atoms with Crippen LogP contribution in [-0.2, 0) is 25.5 Å². The number of rotatable bonds is 9. The Hall–Kier alpha value is -2.77. The fourth-order valence-corrected chi connectivity index (χ4v) is 4.97. The van der Waals surface area contributed by atoms with E-state index in [1.54, 1.807) is 13.8 Å². The highest BCUT2D eigenvalue weighted by molar-refractivity contribution is 6.30. The van der Waals surface area contributed by atoms with Crippen LogP contribution in [0.1, 0.15) is 39.2 Å². The topological polar surface area (TPSA) is 68.3 Å². The zero-order valence-corrected chi connectivity index (χ0v) is 22.0. The standard InChI is InChI=1S/C28H35ClN2O5/c1-4-34-23-14-8-20(9-15-23)6-5-7-24(25-27(33)36-28(2,3)35-25)26(32)31-18-16-30(17-19-31)22-12-10-21(29)11-13-22/h8-15,24-25H,4-7,16-19H2,1-3H3/t24-,25+/m1/s1. The molecule has 2 saturated heterocycles. The molecule has 0 saturated carbocycles. The summed E-state index contributed by atoms with van der Waals surface area (Å²) in [5.74, 6) is -1.26. The van der Waals surface area contributed by atoms with Crippen LogP contribution in [0.2, 0.25) is 5.02 Å². The van der Waals surface area contributed by atoms with Crippen molar-refractivity contribution in [3.63, 3.8) is 0 Å². The van der Waals surface area contributed by atoms with Gasteiger partial charge >= 0.3 is 5.97 Å². The minimum Gasteiger partial charge on any atom is -0.494 e. The first kappa shape index (κ1) is 26.3. The van der Waals surface area contributed by atoms with Crippen molar-refractivity contribution < 1.29 is 23.8 Å². The highest BCUT2D eigenvalue weighted by atomic mass is 35.5.